The first-order valence-corrected chi connectivity index (χ1v) is 6.62. The first-order chi connectivity index (χ1) is 8.59. The first kappa shape index (κ1) is 12.9. The molecular formula is C14H22N4. The molecule has 1 aromatic rings. The second-order valence-electron chi connectivity index (χ2n) is 5.31. The van der Waals surface area contributed by atoms with Crippen LogP contribution in [0.3, 0.4) is 0 Å². The standard InChI is InChI=1S/C14H22N4/c1-10-5-7-11(8-6-10)18(2)12-4-3-9-17-13(12)14(15)16/h3-4,9-11H,5-8H2,1-2H3,(H3,15,16). The van der Waals surface area contributed by atoms with Crippen molar-refractivity contribution >= 4 is 11.5 Å². The number of nitrogens with two attached hydrogens (primary N) is 1. The summed E-state index contributed by atoms with van der Waals surface area (Å²) in [5, 5.41) is 7.60. The van der Waals surface area contributed by atoms with E-state index in [-0.39, 0.29) is 5.84 Å². The molecule has 0 spiro atoms. The molecule has 0 amide bonds. The average Bonchev–Trinajstić information content (AvgIpc) is 2.39. The van der Waals surface area contributed by atoms with Gasteiger partial charge >= 0.3 is 0 Å². The number of hydrogen-bond donors (Lipinski definition) is 2. The van der Waals surface area contributed by atoms with Crippen LogP contribution in [0.15, 0.2) is 18.3 Å². The SMILES string of the molecule is CC1CCC(N(C)c2cccnc2C(=N)N)CC1. The number of anilines is 1. The largest absolute Gasteiger partial charge is 0.382 e. The van der Waals surface area contributed by atoms with E-state index >= 15 is 0 Å². The topological polar surface area (TPSA) is 66.0 Å². The van der Waals surface area contributed by atoms with Gasteiger partial charge in [-0.1, -0.05) is 6.92 Å². The van der Waals surface area contributed by atoms with Gasteiger partial charge in [-0.3, -0.25) is 10.4 Å². The second-order valence-corrected chi connectivity index (χ2v) is 5.31. The molecule has 1 heterocycles. The van der Waals surface area contributed by atoms with Crippen LogP contribution in [0.25, 0.3) is 0 Å². The van der Waals surface area contributed by atoms with Gasteiger partial charge in [-0.15, -0.1) is 0 Å². The van der Waals surface area contributed by atoms with Gasteiger partial charge in [0.2, 0.25) is 0 Å². The minimum Gasteiger partial charge on any atom is -0.382 e. The highest BCUT2D eigenvalue weighted by atomic mass is 15.1. The van der Waals surface area contributed by atoms with Crippen molar-refractivity contribution in [3.63, 3.8) is 0 Å². The van der Waals surface area contributed by atoms with Crippen molar-refractivity contribution in [2.75, 3.05) is 11.9 Å². The van der Waals surface area contributed by atoms with E-state index < -0.39 is 0 Å². The van der Waals surface area contributed by atoms with Gasteiger partial charge in [-0.25, -0.2) is 0 Å². The van der Waals surface area contributed by atoms with Crippen molar-refractivity contribution in [3.05, 3.63) is 24.0 Å². The summed E-state index contributed by atoms with van der Waals surface area (Å²) in [6.45, 7) is 2.32. The number of rotatable bonds is 3. The van der Waals surface area contributed by atoms with Crippen LogP contribution < -0.4 is 10.6 Å². The Bertz CT molecular complexity index is 422. The minimum atomic E-state index is 0.0432. The predicted octanol–water partition coefficient (Wildman–Crippen LogP) is 2.38. The normalized spacial score (nSPS) is 23.7. The van der Waals surface area contributed by atoms with E-state index in [0.29, 0.717) is 11.7 Å². The summed E-state index contributed by atoms with van der Waals surface area (Å²) >= 11 is 0. The first-order valence-electron chi connectivity index (χ1n) is 6.62. The molecule has 0 bridgehead atoms. The minimum absolute atomic E-state index is 0.0432. The van der Waals surface area contributed by atoms with Crippen molar-refractivity contribution in [2.45, 2.75) is 38.6 Å². The number of nitrogens with one attached hydrogen (secondary N) is 1. The fourth-order valence-electron chi connectivity index (χ4n) is 2.72. The van der Waals surface area contributed by atoms with Crippen molar-refractivity contribution in [3.8, 4) is 0 Å². The third-order valence-corrected chi connectivity index (χ3v) is 3.95. The highest BCUT2D eigenvalue weighted by Crippen LogP contribution is 2.30. The number of aromatic nitrogens is 1. The van der Waals surface area contributed by atoms with Crippen molar-refractivity contribution in [1.29, 1.82) is 5.41 Å². The van der Waals surface area contributed by atoms with Crippen LogP contribution in [0, 0.1) is 11.3 Å². The van der Waals surface area contributed by atoms with Gasteiger partial charge in [0, 0.05) is 19.3 Å². The number of pyridine rings is 1. The van der Waals surface area contributed by atoms with Gasteiger partial charge in [0.25, 0.3) is 0 Å². The lowest BCUT2D eigenvalue weighted by Crippen LogP contribution is -2.36. The van der Waals surface area contributed by atoms with Gasteiger partial charge in [-0.2, -0.15) is 0 Å². The van der Waals surface area contributed by atoms with Crippen molar-refractivity contribution in [2.24, 2.45) is 11.7 Å². The Morgan fingerprint density at radius 2 is 2.06 bits per heavy atom. The van der Waals surface area contributed by atoms with Crippen LogP contribution in [-0.4, -0.2) is 23.9 Å². The fourth-order valence-corrected chi connectivity index (χ4v) is 2.72. The number of nitrogens with zero attached hydrogens (tertiary/aromatic N) is 2. The monoisotopic (exact) mass is 246 g/mol. The Labute approximate surface area is 109 Å². The molecule has 0 aromatic carbocycles. The molecule has 0 unspecified atom stereocenters. The molecule has 4 nitrogen and oxygen atoms in total. The Morgan fingerprint density at radius 3 is 2.67 bits per heavy atom. The molecule has 4 heteroatoms. The molecule has 18 heavy (non-hydrogen) atoms. The Kier molecular flexibility index (Phi) is 3.84. The lowest BCUT2D eigenvalue weighted by Gasteiger charge is -2.35. The lowest BCUT2D eigenvalue weighted by molar-refractivity contribution is 0.340. The summed E-state index contributed by atoms with van der Waals surface area (Å²) < 4.78 is 0. The third kappa shape index (κ3) is 2.63. The van der Waals surface area contributed by atoms with Crippen LogP contribution >= 0.6 is 0 Å². The Balaban J connectivity index is 2.18. The van der Waals surface area contributed by atoms with E-state index in [2.05, 4.69) is 23.9 Å². The van der Waals surface area contributed by atoms with Crippen LogP contribution in [-0.2, 0) is 0 Å². The summed E-state index contributed by atoms with van der Waals surface area (Å²) in [5.74, 6) is 0.887. The van der Waals surface area contributed by atoms with Gasteiger partial charge in [0.1, 0.15) is 11.5 Å². The zero-order valence-corrected chi connectivity index (χ0v) is 11.2. The van der Waals surface area contributed by atoms with Crippen molar-refractivity contribution < 1.29 is 0 Å². The molecule has 1 saturated carbocycles. The number of amidine groups is 1. The van der Waals surface area contributed by atoms with E-state index in [0.717, 1.165) is 11.6 Å². The maximum atomic E-state index is 7.60. The molecule has 98 valence electrons. The summed E-state index contributed by atoms with van der Waals surface area (Å²) in [6.07, 6.45) is 6.68. The summed E-state index contributed by atoms with van der Waals surface area (Å²) in [4.78, 5) is 6.46. The molecule has 0 radical (unpaired) electrons. The smallest absolute Gasteiger partial charge is 0.143 e. The lowest BCUT2D eigenvalue weighted by atomic mass is 9.86. The van der Waals surface area contributed by atoms with E-state index in [1.165, 1.54) is 25.7 Å². The van der Waals surface area contributed by atoms with Crippen LogP contribution in [0.1, 0.15) is 38.3 Å². The van der Waals surface area contributed by atoms with E-state index in [1.54, 1.807) is 6.20 Å². The molecular weight excluding hydrogens is 224 g/mol. The zero-order valence-electron chi connectivity index (χ0n) is 11.2. The maximum Gasteiger partial charge on any atom is 0.143 e. The van der Waals surface area contributed by atoms with Gasteiger partial charge < -0.3 is 10.6 Å². The number of hydrogen-bond acceptors (Lipinski definition) is 3. The van der Waals surface area contributed by atoms with Crippen molar-refractivity contribution in [1.82, 2.24) is 4.98 Å². The molecule has 0 atom stereocenters. The van der Waals surface area contributed by atoms with Gasteiger partial charge in [0.15, 0.2) is 0 Å². The van der Waals surface area contributed by atoms with E-state index in [1.807, 2.05) is 12.1 Å². The molecule has 1 aliphatic rings. The fraction of sp³-hybridized carbons (Fsp3) is 0.571. The van der Waals surface area contributed by atoms with Crippen LogP contribution in [0.5, 0.6) is 0 Å². The van der Waals surface area contributed by atoms with Gasteiger partial charge in [-0.05, 0) is 43.7 Å². The Morgan fingerprint density at radius 1 is 1.39 bits per heavy atom. The molecule has 0 aliphatic heterocycles. The van der Waals surface area contributed by atoms with Crippen LogP contribution in [0.4, 0.5) is 5.69 Å². The summed E-state index contributed by atoms with van der Waals surface area (Å²) in [6, 6.07) is 4.45. The highest BCUT2D eigenvalue weighted by molar-refractivity contribution is 5.98. The molecule has 0 saturated heterocycles. The summed E-state index contributed by atoms with van der Waals surface area (Å²) in [5.41, 5.74) is 7.17. The molecule has 3 N–H and O–H groups in total. The highest BCUT2D eigenvalue weighted by Gasteiger charge is 2.23. The van der Waals surface area contributed by atoms with Gasteiger partial charge in [0.05, 0.1) is 5.69 Å². The summed E-state index contributed by atoms with van der Waals surface area (Å²) in [7, 11) is 2.09. The quantitative estimate of drug-likeness (QED) is 0.635. The zero-order chi connectivity index (χ0) is 13.1. The van der Waals surface area contributed by atoms with E-state index in [4.69, 9.17) is 11.1 Å². The Hall–Kier alpha value is -1.58. The molecule has 2 rings (SSSR count). The van der Waals surface area contributed by atoms with E-state index in [9.17, 15) is 0 Å². The molecule has 1 aliphatic carbocycles. The molecule has 1 fully saturated rings. The molecule has 1 aromatic heterocycles. The van der Waals surface area contributed by atoms with Crippen LogP contribution in [0.2, 0.25) is 0 Å². The second kappa shape index (κ2) is 5.38. The number of nitrogen functional groups attached to an aromatic ring is 1. The average molecular weight is 246 g/mol. The third-order valence-electron chi connectivity index (χ3n) is 3.95. The maximum absolute atomic E-state index is 7.60. The predicted molar refractivity (Wildman–Crippen MR) is 75.1 cm³/mol.